The van der Waals surface area contributed by atoms with E-state index < -0.39 is 11.9 Å². The van der Waals surface area contributed by atoms with Crippen LogP contribution in [-0.4, -0.2) is 17.0 Å². The van der Waals surface area contributed by atoms with Crippen molar-refractivity contribution in [2.75, 3.05) is 0 Å². The number of ether oxygens (including phenoxy) is 1. The lowest BCUT2D eigenvalue weighted by Crippen LogP contribution is -2.08. The molecule has 1 aromatic rings. The zero-order chi connectivity index (χ0) is 12.1. The number of aryl methyl sites for hydroxylation is 1. The van der Waals surface area contributed by atoms with E-state index in [9.17, 15) is 9.59 Å². The predicted octanol–water partition coefficient (Wildman–Crippen LogP) is 1.71. The summed E-state index contributed by atoms with van der Waals surface area (Å²) >= 11 is 0. The van der Waals surface area contributed by atoms with Gasteiger partial charge >= 0.3 is 11.9 Å². The molecule has 16 heavy (non-hydrogen) atoms. The van der Waals surface area contributed by atoms with E-state index in [0.717, 1.165) is 11.6 Å². The van der Waals surface area contributed by atoms with Crippen molar-refractivity contribution in [2.45, 2.75) is 13.3 Å². The summed E-state index contributed by atoms with van der Waals surface area (Å²) in [4.78, 5) is 21.6. The minimum atomic E-state index is -0.972. The number of carboxylic acid groups (broad SMARTS) is 1. The van der Waals surface area contributed by atoms with Crippen LogP contribution in [0.25, 0.3) is 0 Å². The molecule has 1 aromatic carbocycles. The molecule has 0 unspecified atom stereocenters. The lowest BCUT2D eigenvalue weighted by molar-refractivity contribution is -0.136. The number of benzene rings is 1. The van der Waals surface area contributed by atoms with E-state index in [1.54, 1.807) is 18.2 Å². The van der Waals surface area contributed by atoms with E-state index in [2.05, 4.69) is 6.58 Å². The predicted molar refractivity (Wildman–Crippen MR) is 58.4 cm³/mol. The van der Waals surface area contributed by atoms with Crippen LogP contribution in [0.2, 0.25) is 0 Å². The molecule has 84 valence electrons. The Kier molecular flexibility index (Phi) is 3.83. The quantitative estimate of drug-likeness (QED) is 0.476. The van der Waals surface area contributed by atoms with Crippen LogP contribution in [0, 0.1) is 6.92 Å². The Labute approximate surface area is 93.2 Å². The first-order valence-corrected chi connectivity index (χ1v) is 4.68. The van der Waals surface area contributed by atoms with Crippen LogP contribution in [0.15, 0.2) is 30.9 Å². The molecule has 0 bridgehead atoms. The summed E-state index contributed by atoms with van der Waals surface area (Å²) in [6.45, 7) is 5.11. The lowest BCUT2D eigenvalue weighted by Gasteiger charge is -2.08. The van der Waals surface area contributed by atoms with Gasteiger partial charge < -0.3 is 9.84 Å². The van der Waals surface area contributed by atoms with E-state index in [4.69, 9.17) is 9.84 Å². The molecule has 0 atom stereocenters. The highest BCUT2D eigenvalue weighted by atomic mass is 16.5. The van der Waals surface area contributed by atoms with E-state index in [1.165, 1.54) is 0 Å². The number of esters is 1. The molecule has 0 aliphatic heterocycles. The van der Waals surface area contributed by atoms with Crippen molar-refractivity contribution in [3.63, 3.8) is 0 Å². The lowest BCUT2D eigenvalue weighted by atomic mass is 10.1. The van der Waals surface area contributed by atoms with Gasteiger partial charge in [-0.3, -0.25) is 4.79 Å². The highest BCUT2D eigenvalue weighted by molar-refractivity contribution is 5.84. The average Bonchev–Trinajstić information content (AvgIpc) is 2.21. The van der Waals surface area contributed by atoms with Crippen molar-refractivity contribution in [1.82, 2.24) is 0 Å². The van der Waals surface area contributed by atoms with Crippen LogP contribution in [0.3, 0.4) is 0 Å². The SMILES string of the molecule is C=CC(=O)Oc1cc(C)ccc1CC(=O)O. The summed E-state index contributed by atoms with van der Waals surface area (Å²) < 4.78 is 4.96. The molecule has 0 saturated carbocycles. The maximum Gasteiger partial charge on any atom is 0.335 e. The van der Waals surface area contributed by atoms with Gasteiger partial charge in [0.1, 0.15) is 5.75 Å². The fourth-order valence-electron chi connectivity index (χ4n) is 1.22. The second-order valence-electron chi connectivity index (χ2n) is 3.31. The molecule has 0 aliphatic carbocycles. The molecule has 1 rings (SSSR count). The van der Waals surface area contributed by atoms with Crippen molar-refractivity contribution in [1.29, 1.82) is 0 Å². The maximum absolute atomic E-state index is 11.0. The fraction of sp³-hybridized carbons (Fsp3) is 0.167. The molecule has 0 spiro atoms. The Bertz CT molecular complexity index is 435. The summed E-state index contributed by atoms with van der Waals surface area (Å²) in [5.41, 5.74) is 1.36. The zero-order valence-corrected chi connectivity index (χ0v) is 8.90. The topological polar surface area (TPSA) is 63.6 Å². The van der Waals surface area contributed by atoms with Gasteiger partial charge in [-0.15, -0.1) is 0 Å². The van der Waals surface area contributed by atoms with Crippen LogP contribution < -0.4 is 4.74 Å². The Morgan fingerprint density at radius 1 is 1.50 bits per heavy atom. The first-order chi connectivity index (χ1) is 7.52. The third-order valence-electron chi connectivity index (χ3n) is 1.94. The summed E-state index contributed by atoms with van der Waals surface area (Å²) in [5, 5.41) is 8.69. The van der Waals surface area contributed by atoms with Crippen LogP contribution in [0.1, 0.15) is 11.1 Å². The molecule has 4 heteroatoms. The van der Waals surface area contributed by atoms with Gasteiger partial charge in [-0.1, -0.05) is 18.7 Å². The molecule has 0 fully saturated rings. The second-order valence-corrected chi connectivity index (χ2v) is 3.31. The van der Waals surface area contributed by atoms with Gasteiger partial charge in [0.25, 0.3) is 0 Å². The van der Waals surface area contributed by atoms with E-state index in [1.807, 2.05) is 6.92 Å². The number of hydrogen-bond acceptors (Lipinski definition) is 3. The Balaban J connectivity index is 3.02. The van der Waals surface area contributed by atoms with Crippen molar-refractivity contribution in [3.05, 3.63) is 42.0 Å². The van der Waals surface area contributed by atoms with Gasteiger partial charge in [0.15, 0.2) is 0 Å². The first kappa shape index (κ1) is 12.0. The number of carbonyl (C=O) groups excluding carboxylic acids is 1. The molecule has 1 N–H and O–H groups in total. The molecule has 0 saturated heterocycles. The molecular weight excluding hydrogens is 208 g/mol. The number of rotatable bonds is 4. The standard InChI is InChI=1S/C12H12O4/c1-3-12(15)16-10-6-8(2)4-5-9(10)7-11(13)14/h3-6H,1,7H2,2H3,(H,13,14). The zero-order valence-electron chi connectivity index (χ0n) is 8.90. The molecule has 0 heterocycles. The van der Waals surface area contributed by atoms with E-state index in [-0.39, 0.29) is 12.2 Å². The molecule has 0 aromatic heterocycles. The monoisotopic (exact) mass is 220 g/mol. The number of hydrogen-bond donors (Lipinski definition) is 1. The Morgan fingerprint density at radius 2 is 2.19 bits per heavy atom. The van der Waals surface area contributed by atoms with Gasteiger partial charge in [0, 0.05) is 11.6 Å². The van der Waals surface area contributed by atoms with Crippen LogP contribution in [-0.2, 0) is 16.0 Å². The van der Waals surface area contributed by atoms with Crippen molar-refractivity contribution < 1.29 is 19.4 Å². The summed E-state index contributed by atoms with van der Waals surface area (Å²) in [7, 11) is 0. The average molecular weight is 220 g/mol. The summed E-state index contributed by atoms with van der Waals surface area (Å²) in [6.07, 6.45) is 0.854. The van der Waals surface area contributed by atoms with Gasteiger partial charge in [0.05, 0.1) is 6.42 Å². The minimum absolute atomic E-state index is 0.181. The fourth-order valence-corrected chi connectivity index (χ4v) is 1.22. The number of carbonyl (C=O) groups is 2. The van der Waals surface area contributed by atoms with Gasteiger partial charge in [-0.25, -0.2) is 4.79 Å². The van der Waals surface area contributed by atoms with Gasteiger partial charge in [-0.2, -0.15) is 0 Å². The largest absolute Gasteiger partial charge is 0.481 e. The smallest absolute Gasteiger partial charge is 0.335 e. The van der Waals surface area contributed by atoms with Crippen LogP contribution in [0.4, 0.5) is 0 Å². The number of aliphatic carboxylic acids is 1. The minimum Gasteiger partial charge on any atom is -0.481 e. The molecule has 0 radical (unpaired) electrons. The highest BCUT2D eigenvalue weighted by Crippen LogP contribution is 2.21. The third-order valence-corrected chi connectivity index (χ3v) is 1.94. The summed E-state index contributed by atoms with van der Waals surface area (Å²) in [6, 6.07) is 5.03. The van der Waals surface area contributed by atoms with E-state index in [0.29, 0.717) is 5.56 Å². The highest BCUT2D eigenvalue weighted by Gasteiger charge is 2.10. The van der Waals surface area contributed by atoms with Crippen molar-refractivity contribution >= 4 is 11.9 Å². The summed E-state index contributed by atoms with van der Waals surface area (Å²) in [5.74, 6) is -1.30. The normalized spacial score (nSPS) is 9.56. The first-order valence-electron chi connectivity index (χ1n) is 4.68. The molecule has 0 aliphatic rings. The van der Waals surface area contributed by atoms with Crippen LogP contribution in [0.5, 0.6) is 5.75 Å². The van der Waals surface area contributed by atoms with Gasteiger partial charge in [-0.05, 0) is 18.6 Å². The molecule has 4 nitrogen and oxygen atoms in total. The Morgan fingerprint density at radius 3 is 2.75 bits per heavy atom. The molecule has 0 amide bonds. The maximum atomic E-state index is 11.0. The Hall–Kier alpha value is -2.10. The third kappa shape index (κ3) is 3.24. The van der Waals surface area contributed by atoms with Crippen LogP contribution >= 0.6 is 0 Å². The van der Waals surface area contributed by atoms with Gasteiger partial charge in [0.2, 0.25) is 0 Å². The second kappa shape index (κ2) is 5.11. The molecular formula is C12H12O4. The van der Waals surface area contributed by atoms with E-state index >= 15 is 0 Å². The number of carboxylic acids is 1. The van der Waals surface area contributed by atoms with Crippen molar-refractivity contribution in [3.8, 4) is 5.75 Å². The van der Waals surface area contributed by atoms with Crippen molar-refractivity contribution in [2.24, 2.45) is 0 Å².